The van der Waals surface area contributed by atoms with Gasteiger partial charge in [0.05, 0.1) is 5.56 Å². The summed E-state index contributed by atoms with van der Waals surface area (Å²) >= 11 is 0. The fourth-order valence-corrected chi connectivity index (χ4v) is 2.81. The Morgan fingerprint density at radius 1 is 0.909 bits per heavy atom. The normalized spacial score (nSPS) is 15.7. The molecule has 4 heteroatoms. The van der Waals surface area contributed by atoms with E-state index in [2.05, 4.69) is 34.1 Å². The zero-order valence-electron chi connectivity index (χ0n) is 12.5. The Labute approximate surface area is 130 Å². The Morgan fingerprint density at radius 2 is 1.55 bits per heavy atom. The predicted octanol–water partition coefficient (Wildman–Crippen LogP) is 2.71. The van der Waals surface area contributed by atoms with Crippen molar-refractivity contribution in [1.29, 1.82) is 0 Å². The SMILES string of the molecule is O=C(O)c1ccc(CN2CCN(c3ccccc3)CC2)cc1. The summed E-state index contributed by atoms with van der Waals surface area (Å²) in [6.45, 7) is 4.97. The molecular weight excluding hydrogens is 276 g/mol. The zero-order valence-corrected chi connectivity index (χ0v) is 12.5. The van der Waals surface area contributed by atoms with Crippen LogP contribution in [0.2, 0.25) is 0 Å². The van der Waals surface area contributed by atoms with E-state index in [1.807, 2.05) is 18.2 Å². The van der Waals surface area contributed by atoms with Gasteiger partial charge in [-0.2, -0.15) is 0 Å². The molecule has 0 amide bonds. The third-order valence-electron chi connectivity index (χ3n) is 4.10. The van der Waals surface area contributed by atoms with E-state index in [1.54, 1.807) is 12.1 Å². The minimum Gasteiger partial charge on any atom is -0.478 e. The Morgan fingerprint density at radius 3 is 2.14 bits per heavy atom. The lowest BCUT2D eigenvalue weighted by molar-refractivity contribution is 0.0697. The fraction of sp³-hybridized carbons (Fsp3) is 0.278. The van der Waals surface area contributed by atoms with E-state index >= 15 is 0 Å². The highest BCUT2D eigenvalue weighted by Gasteiger charge is 2.17. The summed E-state index contributed by atoms with van der Waals surface area (Å²) < 4.78 is 0. The summed E-state index contributed by atoms with van der Waals surface area (Å²) in [6, 6.07) is 17.7. The first-order chi connectivity index (χ1) is 10.7. The number of anilines is 1. The van der Waals surface area contributed by atoms with E-state index in [9.17, 15) is 4.79 Å². The Hall–Kier alpha value is -2.33. The van der Waals surface area contributed by atoms with Crippen molar-refractivity contribution in [2.45, 2.75) is 6.54 Å². The van der Waals surface area contributed by atoms with Gasteiger partial charge in [-0.3, -0.25) is 4.90 Å². The second kappa shape index (κ2) is 6.62. The topological polar surface area (TPSA) is 43.8 Å². The number of rotatable bonds is 4. The van der Waals surface area contributed by atoms with Gasteiger partial charge in [-0.05, 0) is 29.8 Å². The summed E-state index contributed by atoms with van der Waals surface area (Å²) in [5.41, 5.74) is 2.80. The molecule has 114 valence electrons. The van der Waals surface area contributed by atoms with Crippen molar-refractivity contribution in [2.24, 2.45) is 0 Å². The summed E-state index contributed by atoms with van der Waals surface area (Å²) in [7, 11) is 0. The average molecular weight is 296 g/mol. The molecule has 1 heterocycles. The van der Waals surface area contributed by atoms with E-state index in [1.165, 1.54) is 5.69 Å². The molecule has 0 aliphatic carbocycles. The highest BCUT2D eigenvalue weighted by molar-refractivity contribution is 5.87. The number of carbonyl (C=O) groups is 1. The third-order valence-corrected chi connectivity index (χ3v) is 4.10. The van der Waals surface area contributed by atoms with Crippen molar-refractivity contribution < 1.29 is 9.90 Å². The van der Waals surface area contributed by atoms with Gasteiger partial charge in [0.25, 0.3) is 0 Å². The highest BCUT2D eigenvalue weighted by atomic mass is 16.4. The van der Waals surface area contributed by atoms with Crippen molar-refractivity contribution >= 4 is 11.7 Å². The fourth-order valence-electron chi connectivity index (χ4n) is 2.81. The quantitative estimate of drug-likeness (QED) is 0.942. The summed E-state index contributed by atoms with van der Waals surface area (Å²) in [5, 5.41) is 8.92. The average Bonchev–Trinajstić information content (AvgIpc) is 2.57. The van der Waals surface area contributed by atoms with Crippen molar-refractivity contribution in [1.82, 2.24) is 4.90 Å². The maximum atomic E-state index is 10.9. The minimum atomic E-state index is -0.872. The third kappa shape index (κ3) is 3.46. The summed E-state index contributed by atoms with van der Waals surface area (Å²) in [4.78, 5) is 15.7. The van der Waals surface area contributed by atoms with Crippen molar-refractivity contribution in [2.75, 3.05) is 31.1 Å². The van der Waals surface area contributed by atoms with Crippen LogP contribution in [0.25, 0.3) is 0 Å². The van der Waals surface area contributed by atoms with Crippen LogP contribution in [0, 0.1) is 0 Å². The highest BCUT2D eigenvalue weighted by Crippen LogP contribution is 2.17. The first kappa shape index (κ1) is 14.6. The molecule has 0 radical (unpaired) electrons. The van der Waals surface area contributed by atoms with E-state index in [-0.39, 0.29) is 0 Å². The Balaban J connectivity index is 1.54. The molecule has 1 saturated heterocycles. The van der Waals surface area contributed by atoms with Crippen molar-refractivity contribution in [3.8, 4) is 0 Å². The molecule has 0 unspecified atom stereocenters. The molecule has 3 rings (SSSR count). The molecule has 4 nitrogen and oxygen atoms in total. The number of para-hydroxylation sites is 1. The van der Waals surface area contributed by atoms with Gasteiger partial charge in [-0.25, -0.2) is 4.79 Å². The van der Waals surface area contributed by atoms with Gasteiger partial charge in [0.2, 0.25) is 0 Å². The van der Waals surface area contributed by atoms with Gasteiger partial charge >= 0.3 is 5.97 Å². The molecule has 0 spiro atoms. The molecule has 1 aliphatic rings. The molecule has 22 heavy (non-hydrogen) atoms. The largest absolute Gasteiger partial charge is 0.478 e. The van der Waals surface area contributed by atoms with Crippen LogP contribution in [-0.2, 0) is 6.54 Å². The van der Waals surface area contributed by atoms with E-state index in [4.69, 9.17) is 5.11 Å². The number of carboxylic acid groups (broad SMARTS) is 1. The monoisotopic (exact) mass is 296 g/mol. The first-order valence-corrected chi connectivity index (χ1v) is 7.57. The number of nitrogens with zero attached hydrogens (tertiary/aromatic N) is 2. The maximum absolute atomic E-state index is 10.9. The van der Waals surface area contributed by atoms with Gasteiger partial charge in [-0.1, -0.05) is 30.3 Å². The van der Waals surface area contributed by atoms with Gasteiger partial charge in [0.15, 0.2) is 0 Å². The summed E-state index contributed by atoms with van der Waals surface area (Å²) in [5.74, 6) is -0.872. The second-order valence-electron chi connectivity index (χ2n) is 5.60. The van der Waals surface area contributed by atoms with Gasteiger partial charge < -0.3 is 10.0 Å². The van der Waals surface area contributed by atoms with Crippen LogP contribution < -0.4 is 4.90 Å². The van der Waals surface area contributed by atoms with Crippen LogP contribution in [0.4, 0.5) is 5.69 Å². The summed E-state index contributed by atoms with van der Waals surface area (Å²) in [6.07, 6.45) is 0. The number of carboxylic acids is 1. The van der Waals surface area contributed by atoms with Crippen LogP contribution in [0.5, 0.6) is 0 Å². The number of piperazine rings is 1. The van der Waals surface area contributed by atoms with Gasteiger partial charge in [0, 0.05) is 38.4 Å². The van der Waals surface area contributed by atoms with E-state index in [0.717, 1.165) is 38.3 Å². The molecule has 0 bridgehead atoms. The van der Waals surface area contributed by atoms with Gasteiger partial charge in [-0.15, -0.1) is 0 Å². The van der Waals surface area contributed by atoms with E-state index in [0.29, 0.717) is 5.56 Å². The molecule has 1 aliphatic heterocycles. The lowest BCUT2D eigenvalue weighted by Gasteiger charge is -2.36. The van der Waals surface area contributed by atoms with Crippen LogP contribution in [0.15, 0.2) is 54.6 Å². The molecule has 0 aromatic heterocycles. The molecular formula is C18H20N2O2. The first-order valence-electron chi connectivity index (χ1n) is 7.57. The molecule has 1 N–H and O–H groups in total. The van der Waals surface area contributed by atoms with Crippen molar-refractivity contribution in [3.05, 3.63) is 65.7 Å². The second-order valence-corrected chi connectivity index (χ2v) is 5.60. The minimum absolute atomic E-state index is 0.345. The van der Waals surface area contributed by atoms with Gasteiger partial charge in [0.1, 0.15) is 0 Å². The standard InChI is InChI=1S/C18H20N2O2/c21-18(22)16-8-6-15(7-9-16)14-19-10-12-20(13-11-19)17-4-2-1-3-5-17/h1-9H,10-14H2,(H,21,22). The smallest absolute Gasteiger partial charge is 0.335 e. The number of hydrogen-bond acceptors (Lipinski definition) is 3. The molecule has 1 fully saturated rings. The van der Waals surface area contributed by atoms with Crippen LogP contribution >= 0.6 is 0 Å². The van der Waals surface area contributed by atoms with Crippen LogP contribution in [0.1, 0.15) is 15.9 Å². The molecule has 0 atom stereocenters. The number of benzene rings is 2. The van der Waals surface area contributed by atoms with E-state index < -0.39 is 5.97 Å². The maximum Gasteiger partial charge on any atom is 0.335 e. The molecule has 0 saturated carbocycles. The Kier molecular flexibility index (Phi) is 4.39. The van der Waals surface area contributed by atoms with Crippen molar-refractivity contribution in [3.63, 3.8) is 0 Å². The lowest BCUT2D eigenvalue weighted by Crippen LogP contribution is -2.45. The molecule has 2 aromatic carbocycles. The molecule has 2 aromatic rings. The van der Waals surface area contributed by atoms with Crippen LogP contribution in [0.3, 0.4) is 0 Å². The van der Waals surface area contributed by atoms with Crippen LogP contribution in [-0.4, -0.2) is 42.2 Å². The zero-order chi connectivity index (χ0) is 15.4. The number of hydrogen-bond donors (Lipinski definition) is 1. The Bertz CT molecular complexity index is 617. The number of aromatic carboxylic acids is 1. The predicted molar refractivity (Wildman–Crippen MR) is 87.3 cm³/mol. The lowest BCUT2D eigenvalue weighted by atomic mass is 10.1.